The molecule has 6 atom stereocenters. The van der Waals surface area contributed by atoms with Gasteiger partial charge in [0.25, 0.3) is 5.91 Å². The summed E-state index contributed by atoms with van der Waals surface area (Å²) in [7, 11) is 0. The molecular weight excluding hydrogens is 524 g/mol. The van der Waals surface area contributed by atoms with Crippen LogP contribution in [-0.2, 0) is 9.53 Å². The molecule has 6 aliphatic rings. The lowest BCUT2D eigenvalue weighted by Gasteiger charge is -2.60. The van der Waals surface area contributed by atoms with Gasteiger partial charge in [-0.1, -0.05) is 19.3 Å². The van der Waals surface area contributed by atoms with Crippen molar-refractivity contribution in [3.05, 3.63) is 17.7 Å². The van der Waals surface area contributed by atoms with Crippen LogP contribution < -0.4 is 10.2 Å². The van der Waals surface area contributed by atoms with Crippen LogP contribution in [0.5, 0.6) is 0 Å². The van der Waals surface area contributed by atoms with Gasteiger partial charge in [0.05, 0.1) is 17.2 Å². The molecule has 3 unspecified atom stereocenters. The third-order valence-corrected chi connectivity index (χ3v) is 11.2. The van der Waals surface area contributed by atoms with Crippen molar-refractivity contribution in [3.63, 3.8) is 0 Å². The van der Waals surface area contributed by atoms with Gasteiger partial charge in [-0.25, -0.2) is 4.98 Å². The van der Waals surface area contributed by atoms with E-state index in [2.05, 4.69) is 10.2 Å². The smallest absolute Gasteiger partial charge is 0.345 e. The summed E-state index contributed by atoms with van der Waals surface area (Å²) in [4.78, 5) is 32.1. The fourth-order valence-electron chi connectivity index (χ4n) is 8.45. The summed E-state index contributed by atoms with van der Waals surface area (Å²) in [5.74, 6) is 0.781. The maximum absolute atomic E-state index is 13.8. The van der Waals surface area contributed by atoms with Crippen LogP contribution in [0.25, 0.3) is 0 Å². The van der Waals surface area contributed by atoms with Gasteiger partial charge in [-0.3, -0.25) is 9.59 Å². The van der Waals surface area contributed by atoms with Crippen molar-refractivity contribution in [1.82, 2.24) is 10.3 Å². The minimum absolute atomic E-state index is 0.0877. The van der Waals surface area contributed by atoms with E-state index in [1.54, 1.807) is 11.8 Å². The zero-order chi connectivity index (χ0) is 27.1. The summed E-state index contributed by atoms with van der Waals surface area (Å²) in [5, 5.41) is 13.5. The Balaban J connectivity index is 1.24. The van der Waals surface area contributed by atoms with Gasteiger partial charge in [0.2, 0.25) is 0 Å². The van der Waals surface area contributed by atoms with Crippen molar-refractivity contribution >= 4 is 29.5 Å². The Morgan fingerprint density at radius 3 is 2.56 bits per heavy atom. The maximum atomic E-state index is 13.8. The second-order valence-electron chi connectivity index (χ2n) is 12.6. The molecule has 214 valence electrons. The number of hydrogen-bond donors (Lipinski definition) is 2. The number of halogens is 2. The number of thioether (sulfide) groups is 1. The highest BCUT2D eigenvalue weighted by Gasteiger charge is 2.59. The quantitative estimate of drug-likeness (QED) is 0.397. The number of alkyl halides is 2. The van der Waals surface area contributed by atoms with E-state index in [9.17, 15) is 23.5 Å². The molecule has 0 radical (unpaired) electrons. The molecular formula is C29H39F2N3O4S. The molecule has 1 aliphatic heterocycles. The molecule has 2 heterocycles. The molecule has 7 nitrogen and oxygen atoms in total. The van der Waals surface area contributed by atoms with Gasteiger partial charge < -0.3 is 20.1 Å². The number of nitrogens with zero attached hydrogens (tertiary/aromatic N) is 2. The van der Waals surface area contributed by atoms with Gasteiger partial charge in [-0.2, -0.15) is 8.78 Å². The fraction of sp³-hybridized carbons (Fsp3) is 0.759. The van der Waals surface area contributed by atoms with E-state index in [-0.39, 0.29) is 24.2 Å². The highest BCUT2D eigenvalue weighted by Crippen LogP contribution is 2.57. The van der Waals surface area contributed by atoms with E-state index in [0.717, 1.165) is 50.9 Å². The van der Waals surface area contributed by atoms with Crippen LogP contribution in [-0.4, -0.2) is 58.6 Å². The van der Waals surface area contributed by atoms with Crippen LogP contribution >= 0.6 is 11.8 Å². The van der Waals surface area contributed by atoms with Crippen molar-refractivity contribution in [1.29, 1.82) is 0 Å². The lowest BCUT2D eigenvalue weighted by molar-refractivity contribution is -0.267. The minimum Gasteiger partial charge on any atom is -0.481 e. The first-order valence-corrected chi connectivity index (χ1v) is 15.6. The highest BCUT2D eigenvalue weighted by molar-refractivity contribution is 7.99. The first kappa shape index (κ1) is 27.2. The van der Waals surface area contributed by atoms with E-state index in [1.165, 1.54) is 19.3 Å². The summed E-state index contributed by atoms with van der Waals surface area (Å²) in [6.45, 7) is -1.48. The SMILES string of the molecule is O=C(O)C[C@@H]1CCN(c2ccc(C(=O)N[C@@H]3C4CC5C[C@@H](C4)CC3(OC(F)F)C5)c(SC3CCCCC3)n2)C1. The van der Waals surface area contributed by atoms with Gasteiger partial charge in [0.1, 0.15) is 10.8 Å². The van der Waals surface area contributed by atoms with Gasteiger partial charge in [-0.05, 0) is 87.2 Å². The number of ether oxygens (including phenoxy) is 1. The molecule has 0 spiro atoms. The summed E-state index contributed by atoms with van der Waals surface area (Å²) < 4.78 is 32.6. The lowest BCUT2D eigenvalue weighted by Crippen LogP contribution is -2.67. The first-order valence-electron chi connectivity index (χ1n) is 14.7. The highest BCUT2D eigenvalue weighted by atomic mass is 32.2. The van der Waals surface area contributed by atoms with E-state index >= 15 is 0 Å². The van der Waals surface area contributed by atoms with Crippen LogP contribution in [0.3, 0.4) is 0 Å². The first-order chi connectivity index (χ1) is 18.8. The number of anilines is 1. The number of rotatable bonds is 9. The largest absolute Gasteiger partial charge is 0.481 e. The zero-order valence-corrected chi connectivity index (χ0v) is 23.1. The summed E-state index contributed by atoms with van der Waals surface area (Å²) in [5.41, 5.74) is -0.492. The molecule has 1 aromatic heterocycles. The van der Waals surface area contributed by atoms with E-state index in [1.807, 2.05) is 12.1 Å². The van der Waals surface area contributed by atoms with Crippen LogP contribution in [0, 0.1) is 23.7 Å². The van der Waals surface area contributed by atoms with Crippen LogP contribution in [0.4, 0.5) is 14.6 Å². The number of nitrogens with one attached hydrogen (secondary N) is 1. The molecule has 4 bridgehead atoms. The van der Waals surface area contributed by atoms with E-state index in [0.29, 0.717) is 47.1 Å². The molecule has 5 aliphatic carbocycles. The lowest BCUT2D eigenvalue weighted by atomic mass is 9.52. The number of carboxylic acids is 1. The van der Waals surface area contributed by atoms with E-state index in [4.69, 9.17) is 9.72 Å². The van der Waals surface area contributed by atoms with Gasteiger partial charge in [-0.15, -0.1) is 11.8 Å². The number of amides is 1. The Hall–Kier alpha value is -1.94. The second kappa shape index (κ2) is 11.1. The van der Waals surface area contributed by atoms with Crippen molar-refractivity contribution < 1.29 is 28.2 Å². The standard InChI is InChI=1S/C29H39F2N3O4S/c30-28(31)38-29-14-18-10-19(15-29)12-20(11-18)25(29)33-26(37)22-6-7-23(34-9-8-17(16-34)13-24(35)36)32-27(22)39-21-4-2-1-3-5-21/h6-7,17-21,25,28H,1-5,8-16H2,(H,33,37)(H,35,36)/t17-,18-,19?,20?,25+,29?/m0/s1. The number of carbonyl (C=O) groups excluding carboxylic acids is 1. The fourth-order valence-corrected chi connectivity index (χ4v) is 9.76. The number of carboxylic acid groups (broad SMARTS) is 1. The third kappa shape index (κ3) is 5.78. The number of hydrogen-bond acceptors (Lipinski definition) is 6. The molecule has 6 fully saturated rings. The molecule has 10 heteroatoms. The van der Waals surface area contributed by atoms with Crippen molar-refractivity contribution in [2.45, 2.75) is 106 Å². The number of aliphatic carboxylic acids is 1. The monoisotopic (exact) mass is 563 g/mol. The van der Waals surface area contributed by atoms with Gasteiger partial charge in [0.15, 0.2) is 0 Å². The Labute approximate surface area is 232 Å². The molecule has 2 N–H and O–H groups in total. The molecule has 0 aromatic carbocycles. The molecule has 1 aromatic rings. The number of carbonyl (C=O) groups is 2. The summed E-state index contributed by atoms with van der Waals surface area (Å²) in [6, 6.07) is 3.25. The Bertz CT molecular complexity index is 1070. The topological polar surface area (TPSA) is 91.8 Å². The second-order valence-corrected chi connectivity index (χ2v) is 13.9. The van der Waals surface area contributed by atoms with Crippen molar-refractivity contribution in [2.24, 2.45) is 23.7 Å². The predicted octanol–water partition coefficient (Wildman–Crippen LogP) is 5.72. The van der Waals surface area contributed by atoms with Crippen molar-refractivity contribution in [3.8, 4) is 0 Å². The Morgan fingerprint density at radius 1 is 1.13 bits per heavy atom. The van der Waals surface area contributed by atoms with Crippen LogP contribution in [0.2, 0.25) is 0 Å². The summed E-state index contributed by atoms with van der Waals surface area (Å²) >= 11 is 1.66. The predicted molar refractivity (Wildman–Crippen MR) is 144 cm³/mol. The molecule has 5 saturated carbocycles. The average molecular weight is 564 g/mol. The average Bonchev–Trinajstić information content (AvgIpc) is 3.33. The van der Waals surface area contributed by atoms with Crippen LogP contribution in [0.1, 0.15) is 87.4 Å². The van der Waals surface area contributed by atoms with Crippen LogP contribution in [0.15, 0.2) is 17.2 Å². The zero-order valence-electron chi connectivity index (χ0n) is 22.3. The normalized spacial score (nSPS) is 34.1. The Kier molecular flexibility index (Phi) is 7.79. The van der Waals surface area contributed by atoms with E-state index < -0.39 is 24.2 Å². The molecule has 7 rings (SSSR count). The number of pyridine rings is 1. The Morgan fingerprint density at radius 2 is 1.87 bits per heavy atom. The maximum Gasteiger partial charge on any atom is 0.345 e. The molecule has 1 amide bonds. The van der Waals surface area contributed by atoms with Gasteiger partial charge >= 0.3 is 12.6 Å². The van der Waals surface area contributed by atoms with Gasteiger partial charge in [0, 0.05) is 24.8 Å². The minimum atomic E-state index is -2.86. The molecule has 1 saturated heterocycles. The van der Waals surface area contributed by atoms with Crippen molar-refractivity contribution in [2.75, 3.05) is 18.0 Å². The summed E-state index contributed by atoms with van der Waals surface area (Å²) in [6.07, 6.45) is 10.9. The molecule has 39 heavy (non-hydrogen) atoms. The number of aromatic nitrogens is 1. The third-order valence-electron chi connectivity index (χ3n) is 9.85.